The smallest absolute Gasteiger partial charge is 0.410 e. The minimum atomic E-state index is -0.472. The van der Waals surface area contributed by atoms with Crippen molar-refractivity contribution in [1.29, 1.82) is 0 Å². The Hall–Kier alpha value is -1.91. The number of hydrogen-bond donors (Lipinski definition) is 0. The van der Waals surface area contributed by atoms with Crippen LogP contribution in [0.15, 0.2) is 24.4 Å². The summed E-state index contributed by atoms with van der Waals surface area (Å²) in [6.07, 6.45) is 5.93. The van der Waals surface area contributed by atoms with Gasteiger partial charge in [-0.2, -0.15) is 10.2 Å². The topological polar surface area (TPSA) is 55.3 Å². The van der Waals surface area contributed by atoms with Crippen LogP contribution in [0.25, 0.3) is 6.08 Å². The molecular weight excluding hydrogens is 254 g/mol. The average molecular weight is 277 g/mol. The SMILES string of the molecule is CC(C/C=C/c1cccnn1)N(C)C(=O)OC(C)(C)C. The van der Waals surface area contributed by atoms with Crippen LogP contribution < -0.4 is 0 Å². The zero-order valence-corrected chi connectivity index (χ0v) is 12.8. The summed E-state index contributed by atoms with van der Waals surface area (Å²) in [7, 11) is 1.74. The van der Waals surface area contributed by atoms with Gasteiger partial charge >= 0.3 is 6.09 Å². The molecule has 1 unspecified atom stereocenters. The summed E-state index contributed by atoms with van der Waals surface area (Å²) >= 11 is 0. The predicted octanol–water partition coefficient (Wildman–Crippen LogP) is 3.14. The molecule has 20 heavy (non-hydrogen) atoms. The van der Waals surface area contributed by atoms with Crippen molar-refractivity contribution in [1.82, 2.24) is 15.1 Å². The molecule has 1 rings (SSSR count). The lowest BCUT2D eigenvalue weighted by Crippen LogP contribution is -2.39. The fourth-order valence-corrected chi connectivity index (χ4v) is 1.46. The van der Waals surface area contributed by atoms with E-state index in [1.165, 1.54) is 0 Å². The standard InChI is InChI=1S/C15H23N3O2/c1-12(18(5)14(19)20-15(2,3)4)8-6-9-13-10-7-11-16-17-13/h6-7,9-12H,8H2,1-5H3/b9-6+. The molecule has 0 saturated heterocycles. The van der Waals surface area contributed by atoms with Crippen molar-refractivity contribution >= 4 is 12.2 Å². The zero-order chi connectivity index (χ0) is 15.2. The Morgan fingerprint density at radius 1 is 1.50 bits per heavy atom. The van der Waals surface area contributed by atoms with Crippen LogP contribution in [0.4, 0.5) is 4.79 Å². The van der Waals surface area contributed by atoms with E-state index in [4.69, 9.17) is 4.74 Å². The van der Waals surface area contributed by atoms with Crippen molar-refractivity contribution in [2.24, 2.45) is 0 Å². The van der Waals surface area contributed by atoms with E-state index < -0.39 is 5.60 Å². The molecule has 1 aromatic heterocycles. The summed E-state index contributed by atoms with van der Waals surface area (Å²) in [6, 6.07) is 3.77. The first-order valence-electron chi connectivity index (χ1n) is 6.69. The summed E-state index contributed by atoms with van der Waals surface area (Å²) in [4.78, 5) is 13.5. The third-order valence-electron chi connectivity index (χ3n) is 2.70. The van der Waals surface area contributed by atoms with Gasteiger partial charge in [0.2, 0.25) is 0 Å². The van der Waals surface area contributed by atoms with E-state index in [1.54, 1.807) is 18.1 Å². The second-order valence-corrected chi connectivity index (χ2v) is 5.73. The molecular formula is C15H23N3O2. The Labute approximate surface area is 120 Å². The molecule has 0 saturated carbocycles. The fraction of sp³-hybridized carbons (Fsp3) is 0.533. The molecule has 1 atom stereocenters. The van der Waals surface area contributed by atoms with Crippen molar-refractivity contribution in [3.05, 3.63) is 30.1 Å². The van der Waals surface area contributed by atoms with E-state index >= 15 is 0 Å². The average Bonchev–Trinajstić information content (AvgIpc) is 2.37. The number of carbonyl (C=O) groups is 1. The van der Waals surface area contributed by atoms with Crippen molar-refractivity contribution in [2.75, 3.05) is 7.05 Å². The van der Waals surface area contributed by atoms with Gasteiger partial charge in [-0.15, -0.1) is 0 Å². The van der Waals surface area contributed by atoms with Crippen LogP contribution in [-0.2, 0) is 4.74 Å². The number of nitrogens with zero attached hydrogens (tertiary/aromatic N) is 3. The molecule has 0 fully saturated rings. The molecule has 110 valence electrons. The minimum Gasteiger partial charge on any atom is -0.444 e. The maximum absolute atomic E-state index is 11.9. The molecule has 0 N–H and O–H groups in total. The zero-order valence-electron chi connectivity index (χ0n) is 12.8. The second-order valence-electron chi connectivity index (χ2n) is 5.73. The van der Waals surface area contributed by atoms with Gasteiger partial charge in [-0.25, -0.2) is 4.79 Å². The highest BCUT2D eigenvalue weighted by Crippen LogP contribution is 2.12. The first-order chi connectivity index (χ1) is 9.29. The fourth-order valence-electron chi connectivity index (χ4n) is 1.46. The molecule has 0 spiro atoms. The van der Waals surface area contributed by atoms with E-state index in [0.717, 1.165) is 12.1 Å². The van der Waals surface area contributed by atoms with Gasteiger partial charge in [-0.1, -0.05) is 6.08 Å². The van der Waals surface area contributed by atoms with E-state index in [2.05, 4.69) is 10.2 Å². The number of hydrogen-bond acceptors (Lipinski definition) is 4. The first kappa shape index (κ1) is 16.1. The molecule has 5 heteroatoms. The Bertz CT molecular complexity index is 452. The third kappa shape index (κ3) is 5.82. The van der Waals surface area contributed by atoms with Crippen molar-refractivity contribution in [3.63, 3.8) is 0 Å². The highest BCUT2D eigenvalue weighted by molar-refractivity contribution is 5.68. The van der Waals surface area contributed by atoms with Crippen LogP contribution in [0.5, 0.6) is 0 Å². The minimum absolute atomic E-state index is 0.0535. The summed E-state index contributed by atoms with van der Waals surface area (Å²) in [6.45, 7) is 7.55. The molecule has 0 aliphatic rings. The monoisotopic (exact) mass is 277 g/mol. The van der Waals surface area contributed by atoms with Gasteiger partial charge < -0.3 is 9.64 Å². The van der Waals surface area contributed by atoms with E-state index in [0.29, 0.717) is 0 Å². The van der Waals surface area contributed by atoms with Crippen LogP contribution in [0.1, 0.15) is 39.8 Å². The Morgan fingerprint density at radius 2 is 2.20 bits per heavy atom. The predicted molar refractivity (Wildman–Crippen MR) is 79.1 cm³/mol. The number of carbonyl (C=O) groups excluding carboxylic acids is 1. The summed E-state index contributed by atoms with van der Waals surface area (Å²) < 4.78 is 5.33. The number of amides is 1. The van der Waals surface area contributed by atoms with Crippen LogP contribution in [-0.4, -0.2) is 39.9 Å². The molecule has 0 aromatic carbocycles. The van der Waals surface area contributed by atoms with Gasteiger partial charge in [-0.05, 0) is 52.3 Å². The Morgan fingerprint density at radius 3 is 2.75 bits per heavy atom. The molecule has 1 heterocycles. The van der Waals surface area contributed by atoms with Crippen LogP contribution in [0.2, 0.25) is 0 Å². The molecule has 1 amide bonds. The lowest BCUT2D eigenvalue weighted by Gasteiger charge is -2.28. The van der Waals surface area contributed by atoms with Gasteiger partial charge in [0, 0.05) is 19.3 Å². The number of aromatic nitrogens is 2. The highest BCUT2D eigenvalue weighted by atomic mass is 16.6. The summed E-state index contributed by atoms with van der Waals surface area (Å²) in [5.74, 6) is 0. The van der Waals surface area contributed by atoms with Gasteiger partial charge in [0.1, 0.15) is 5.60 Å². The third-order valence-corrected chi connectivity index (χ3v) is 2.70. The van der Waals surface area contributed by atoms with E-state index in [9.17, 15) is 4.79 Å². The van der Waals surface area contributed by atoms with Gasteiger partial charge in [0.05, 0.1) is 5.69 Å². The van der Waals surface area contributed by atoms with Crippen molar-refractivity contribution in [2.45, 2.75) is 45.8 Å². The highest BCUT2D eigenvalue weighted by Gasteiger charge is 2.22. The molecule has 5 nitrogen and oxygen atoms in total. The van der Waals surface area contributed by atoms with Crippen molar-refractivity contribution < 1.29 is 9.53 Å². The maximum atomic E-state index is 11.9. The lowest BCUT2D eigenvalue weighted by molar-refractivity contribution is 0.0238. The normalized spacial score (nSPS) is 13.2. The molecule has 0 aliphatic heterocycles. The Kier molecular flexibility index (Phi) is 5.67. The summed E-state index contributed by atoms with van der Waals surface area (Å²) in [5, 5.41) is 7.76. The van der Waals surface area contributed by atoms with Crippen LogP contribution in [0, 0.1) is 0 Å². The number of ether oxygens (including phenoxy) is 1. The summed E-state index contributed by atoms with van der Waals surface area (Å²) in [5.41, 5.74) is 0.334. The first-order valence-corrected chi connectivity index (χ1v) is 6.69. The van der Waals surface area contributed by atoms with Gasteiger partial charge in [-0.3, -0.25) is 0 Å². The second kappa shape index (κ2) is 7.03. The van der Waals surface area contributed by atoms with Gasteiger partial charge in [0.25, 0.3) is 0 Å². The lowest BCUT2D eigenvalue weighted by atomic mass is 10.2. The number of rotatable bonds is 4. The van der Waals surface area contributed by atoms with Crippen LogP contribution >= 0.6 is 0 Å². The van der Waals surface area contributed by atoms with E-state index in [-0.39, 0.29) is 12.1 Å². The molecule has 0 radical (unpaired) electrons. The maximum Gasteiger partial charge on any atom is 0.410 e. The molecule has 1 aromatic rings. The Balaban J connectivity index is 2.48. The largest absolute Gasteiger partial charge is 0.444 e. The van der Waals surface area contributed by atoms with Crippen molar-refractivity contribution in [3.8, 4) is 0 Å². The van der Waals surface area contributed by atoms with E-state index in [1.807, 2.05) is 52.0 Å². The molecule has 0 bridgehead atoms. The van der Waals surface area contributed by atoms with Gasteiger partial charge in [0.15, 0.2) is 0 Å². The van der Waals surface area contributed by atoms with Crippen LogP contribution in [0.3, 0.4) is 0 Å². The quantitative estimate of drug-likeness (QED) is 0.848. The molecule has 0 aliphatic carbocycles.